The van der Waals surface area contributed by atoms with Gasteiger partial charge in [-0.2, -0.15) is 0 Å². The van der Waals surface area contributed by atoms with Crippen molar-refractivity contribution in [3.8, 4) is 5.75 Å². The molecular formula is C11H7BrNO5S2-. The number of aromatic hydroxyl groups is 1. The van der Waals surface area contributed by atoms with E-state index in [4.69, 9.17) is 5.11 Å². The first kappa shape index (κ1) is 15.0. The molecule has 0 amide bonds. The van der Waals surface area contributed by atoms with Gasteiger partial charge in [0.1, 0.15) is 11.3 Å². The number of anilines is 2. The Morgan fingerprint density at radius 2 is 2.10 bits per heavy atom. The lowest BCUT2D eigenvalue weighted by atomic mass is 10.2. The van der Waals surface area contributed by atoms with Crippen LogP contribution in [0, 0.1) is 0 Å². The van der Waals surface area contributed by atoms with Crippen molar-refractivity contribution >= 4 is 55.9 Å². The van der Waals surface area contributed by atoms with Crippen molar-refractivity contribution in [2.75, 3.05) is 4.31 Å². The third-order valence-electron chi connectivity index (χ3n) is 2.41. The second kappa shape index (κ2) is 5.92. The van der Waals surface area contributed by atoms with Gasteiger partial charge in [0.2, 0.25) is 0 Å². The average Bonchev–Trinajstić information content (AvgIpc) is 2.75. The highest BCUT2D eigenvalue weighted by Crippen LogP contribution is 2.37. The minimum absolute atomic E-state index is 0.139. The van der Waals surface area contributed by atoms with Gasteiger partial charge in [0.15, 0.2) is 0 Å². The van der Waals surface area contributed by atoms with Crippen LogP contribution in [0.3, 0.4) is 0 Å². The molecule has 0 aliphatic heterocycles. The molecule has 2 rings (SSSR count). The molecule has 106 valence electrons. The van der Waals surface area contributed by atoms with E-state index in [1.54, 1.807) is 10.8 Å². The van der Waals surface area contributed by atoms with Gasteiger partial charge >= 0.3 is 5.97 Å². The van der Waals surface area contributed by atoms with E-state index >= 15 is 0 Å². The molecule has 0 fully saturated rings. The summed E-state index contributed by atoms with van der Waals surface area (Å²) in [4.78, 5) is 10.8. The Morgan fingerprint density at radius 1 is 1.40 bits per heavy atom. The van der Waals surface area contributed by atoms with Crippen molar-refractivity contribution in [2.24, 2.45) is 0 Å². The van der Waals surface area contributed by atoms with Crippen LogP contribution in [-0.2, 0) is 11.3 Å². The third kappa shape index (κ3) is 2.85. The van der Waals surface area contributed by atoms with Crippen LogP contribution in [0.2, 0.25) is 0 Å². The lowest BCUT2D eigenvalue weighted by Gasteiger charge is -2.26. The van der Waals surface area contributed by atoms with Gasteiger partial charge in [-0.05, 0) is 28.1 Å². The number of carboxylic acids is 1. The quantitative estimate of drug-likeness (QED) is 0.798. The molecule has 0 aliphatic carbocycles. The monoisotopic (exact) mass is 376 g/mol. The van der Waals surface area contributed by atoms with E-state index in [2.05, 4.69) is 15.9 Å². The molecule has 0 spiro atoms. The fraction of sp³-hybridized carbons (Fsp3) is 0. The van der Waals surface area contributed by atoms with Gasteiger partial charge in [-0.3, -0.25) is 8.51 Å². The van der Waals surface area contributed by atoms with Crippen LogP contribution in [0.4, 0.5) is 11.4 Å². The maximum atomic E-state index is 11.4. The predicted molar refractivity (Wildman–Crippen MR) is 78.1 cm³/mol. The number of aromatic carboxylic acids is 1. The zero-order valence-corrected chi connectivity index (χ0v) is 12.9. The molecule has 2 aromatic rings. The fourth-order valence-electron chi connectivity index (χ4n) is 1.55. The molecule has 6 nitrogen and oxygen atoms in total. The number of thiophene rings is 1. The molecule has 0 radical (unpaired) electrons. The number of carboxylic acid groups (broad SMARTS) is 1. The highest BCUT2D eigenvalue weighted by molar-refractivity contribution is 9.10. The number of hydrogen-bond donors (Lipinski definition) is 2. The second-order valence-corrected chi connectivity index (χ2v) is 6.02. The molecule has 0 saturated heterocycles. The Hall–Kier alpha value is -1.42. The number of hydrogen-bond acceptors (Lipinski definition) is 5. The predicted octanol–water partition coefficient (Wildman–Crippen LogP) is 2.85. The highest BCUT2D eigenvalue weighted by Gasteiger charge is 2.17. The molecule has 1 atom stereocenters. The van der Waals surface area contributed by atoms with E-state index in [9.17, 15) is 18.7 Å². The summed E-state index contributed by atoms with van der Waals surface area (Å²) in [6.07, 6.45) is 0. The highest BCUT2D eigenvalue weighted by atomic mass is 79.9. The smallest absolute Gasteiger partial charge is 0.339 e. The Morgan fingerprint density at radius 3 is 2.55 bits per heavy atom. The second-order valence-electron chi connectivity index (χ2n) is 3.62. The third-order valence-corrected chi connectivity index (χ3v) is 4.78. The molecule has 2 N–H and O–H groups in total. The van der Waals surface area contributed by atoms with Gasteiger partial charge < -0.3 is 14.8 Å². The van der Waals surface area contributed by atoms with Crippen LogP contribution >= 0.6 is 27.3 Å². The topological polar surface area (TPSA) is 101 Å². The van der Waals surface area contributed by atoms with Crippen LogP contribution in [0.25, 0.3) is 0 Å². The summed E-state index contributed by atoms with van der Waals surface area (Å²) in [5.74, 6) is -1.79. The first-order valence-electron chi connectivity index (χ1n) is 5.09. The summed E-state index contributed by atoms with van der Waals surface area (Å²) in [5, 5.41) is 21.8. The largest absolute Gasteiger partial charge is 0.755 e. The summed E-state index contributed by atoms with van der Waals surface area (Å²) in [6.45, 7) is 0. The van der Waals surface area contributed by atoms with E-state index in [0.717, 1.165) is 16.4 Å². The van der Waals surface area contributed by atoms with Gasteiger partial charge in [-0.15, -0.1) is 11.3 Å². The molecule has 0 aliphatic rings. The number of benzene rings is 1. The molecule has 1 aromatic heterocycles. The van der Waals surface area contributed by atoms with Crippen molar-refractivity contribution in [3.63, 3.8) is 0 Å². The standard InChI is InChI=1S/C11H8BrNO5S2/c12-8-4-19-5-9(8)13(20(17)18)6-1-2-7(11(15)16)10(14)3-6/h1-5,14H,(H,15,16)(H,17,18)/p-1. The zero-order valence-electron chi connectivity index (χ0n) is 9.65. The first-order chi connectivity index (χ1) is 9.41. The number of nitrogens with zero attached hydrogens (tertiary/aromatic N) is 1. The fourth-order valence-corrected chi connectivity index (χ4v) is 3.77. The number of phenols is 1. The van der Waals surface area contributed by atoms with Crippen molar-refractivity contribution in [3.05, 3.63) is 39.0 Å². The number of halogens is 1. The van der Waals surface area contributed by atoms with Crippen molar-refractivity contribution in [2.45, 2.75) is 0 Å². The van der Waals surface area contributed by atoms with Crippen LogP contribution in [0.5, 0.6) is 5.75 Å². The zero-order chi connectivity index (χ0) is 14.9. The minimum atomic E-state index is -2.62. The first-order valence-corrected chi connectivity index (χ1v) is 7.86. The molecule has 1 aromatic carbocycles. The molecular weight excluding hydrogens is 370 g/mol. The Kier molecular flexibility index (Phi) is 4.43. The van der Waals surface area contributed by atoms with E-state index < -0.39 is 23.0 Å². The van der Waals surface area contributed by atoms with Crippen LogP contribution in [0.1, 0.15) is 10.4 Å². The Bertz CT molecular complexity index is 687. The molecule has 0 saturated carbocycles. The molecule has 9 heteroatoms. The summed E-state index contributed by atoms with van der Waals surface area (Å²) in [7, 11) is 0. The normalized spacial score (nSPS) is 12.1. The Labute approximate surface area is 128 Å². The molecule has 20 heavy (non-hydrogen) atoms. The lowest BCUT2D eigenvalue weighted by Crippen LogP contribution is -2.19. The average molecular weight is 377 g/mol. The van der Waals surface area contributed by atoms with Gasteiger partial charge in [0.05, 0.1) is 27.1 Å². The van der Waals surface area contributed by atoms with Gasteiger partial charge in [-0.25, -0.2) is 4.79 Å². The minimum Gasteiger partial charge on any atom is -0.755 e. The lowest BCUT2D eigenvalue weighted by molar-refractivity contribution is 0.0694. The maximum absolute atomic E-state index is 11.4. The van der Waals surface area contributed by atoms with E-state index in [1.165, 1.54) is 17.4 Å². The van der Waals surface area contributed by atoms with Gasteiger partial charge in [0, 0.05) is 16.8 Å². The van der Waals surface area contributed by atoms with Crippen LogP contribution in [-0.4, -0.2) is 24.9 Å². The van der Waals surface area contributed by atoms with E-state index in [-0.39, 0.29) is 11.3 Å². The van der Waals surface area contributed by atoms with E-state index in [1.807, 2.05) is 0 Å². The number of rotatable bonds is 4. The summed E-state index contributed by atoms with van der Waals surface area (Å²) in [5.41, 5.74) is 0.223. The van der Waals surface area contributed by atoms with E-state index in [0.29, 0.717) is 10.2 Å². The summed E-state index contributed by atoms with van der Waals surface area (Å²) < 4.78 is 24.3. The SMILES string of the molecule is O=C(O)c1ccc(N(c2cscc2Br)S(=O)[O-])cc1O. The molecule has 1 unspecified atom stereocenters. The van der Waals surface area contributed by atoms with Crippen LogP contribution < -0.4 is 4.31 Å². The molecule has 0 bridgehead atoms. The number of carbonyl (C=O) groups is 1. The van der Waals surface area contributed by atoms with Gasteiger partial charge in [0.25, 0.3) is 0 Å². The van der Waals surface area contributed by atoms with Crippen molar-refractivity contribution in [1.82, 2.24) is 0 Å². The maximum Gasteiger partial charge on any atom is 0.339 e. The summed E-state index contributed by atoms with van der Waals surface area (Å²) >= 11 is 1.91. The summed E-state index contributed by atoms with van der Waals surface area (Å²) in [6, 6.07) is 3.54. The van der Waals surface area contributed by atoms with Crippen molar-refractivity contribution < 1.29 is 23.8 Å². The van der Waals surface area contributed by atoms with Gasteiger partial charge in [-0.1, -0.05) is 0 Å². The molecule has 1 heterocycles. The Balaban J connectivity index is 2.52. The van der Waals surface area contributed by atoms with Crippen LogP contribution in [0.15, 0.2) is 33.4 Å². The van der Waals surface area contributed by atoms with Crippen molar-refractivity contribution in [1.29, 1.82) is 0 Å².